The predicted molar refractivity (Wildman–Crippen MR) is 58.1 cm³/mol. The van der Waals surface area contributed by atoms with E-state index >= 15 is 0 Å². The number of nitrogens with one attached hydrogen (secondary N) is 1. The first-order valence-electron chi connectivity index (χ1n) is 4.41. The van der Waals surface area contributed by atoms with Crippen molar-refractivity contribution in [1.82, 2.24) is 0 Å². The molecule has 0 aliphatic carbocycles. The molecule has 0 aliphatic heterocycles. The van der Waals surface area contributed by atoms with E-state index in [1.165, 1.54) is 11.1 Å². The summed E-state index contributed by atoms with van der Waals surface area (Å²) in [5.41, 5.74) is 4.09. The molecule has 1 rings (SSSR count). The van der Waals surface area contributed by atoms with Gasteiger partial charge >= 0.3 is 0 Å². The van der Waals surface area contributed by atoms with Crippen molar-refractivity contribution in [3.63, 3.8) is 0 Å². The summed E-state index contributed by atoms with van der Waals surface area (Å²) in [6.45, 7) is 5.87. The van der Waals surface area contributed by atoms with Gasteiger partial charge in [-0.05, 0) is 37.5 Å². The Labute approximate surface area is 79.6 Å². The van der Waals surface area contributed by atoms with Crippen LogP contribution in [0.25, 0.3) is 5.57 Å². The van der Waals surface area contributed by atoms with Crippen LogP contribution < -0.4 is 0 Å². The van der Waals surface area contributed by atoms with Crippen LogP contribution in [0.1, 0.15) is 26.3 Å². The lowest BCUT2D eigenvalue weighted by Gasteiger charge is -2.06. The van der Waals surface area contributed by atoms with Gasteiger partial charge in [-0.3, -0.25) is 0 Å². The van der Waals surface area contributed by atoms with E-state index in [1.54, 1.807) is 0 Å². The van der Waals surface area contributed by atoms with Crippen LogP contribution in [0.3, 0.4) is 0 Å². The Morgan fingerprint density at radius 2 is 1.54 bits per heavy atom. The average Bonchev–Trinajstić information content (AvgIpc) is 2.17. The van der Waals surface area contributed by atoms with Crippen LogP contribution in [-0.2, 0) is 0 Å². The molecular weight excluding hydrogens is 158 g/mol. The van der Waals surface area contributed by atoms with Crippen LogP contribution >= 0.6 is 0 Å². The minimum absolute atomic E-state index is 0.640. The number of benzene rings is 1. The smallest absolute Gasteiger partial charge is 0.0314 e. The molecule has 0 aliphatic rings. The summed E-state index contributed by atoms with van der Waals surface area (Å²) in [5, 5.41) is 7.52. The van der Waals surface area contributed by atoms with Crippen molar-refractivity contribution in [2.24, 2.45) is 0 Å². The Bertz CT molecular complexity index is 333. The lowest BCUT2D eigenvalue weighted by atomic mass is 10.0. The molecule has 0 fully saturated rings. The molecule has 0 amide bonds. The zero-order valence-electron chi connectivity index (χ0n) is 8.39. The SMILES string of the molecule is CC(=N)/C(C)=C(\C)c1ccccc1. The molecule has 0 bridgehead atoms. The van der Waals surface area contributed by atoms with E-state index < -0.39 is 0 Å². The van der Waals surface area contributed by atoms with Gasteiger partial charge in [0.2, 0.25) is 0 Å². The fourth-order valence-electron chi connectivity index (χ4n) is 1.19. The molecular formula is C12H15N. The van der Waals surface area contributed by atoms with Crippen molar-refractivity contribution in [3.05, 3.63) is 41.5 Å². The van der Waals surface area contributed by atoms with E-state index in [0.717, 1.165) is 5.57 Å². The van der Waals surface area contributed by atoms with Crippen molar-refractivity contribution < 1.29 is 0 Å². The third kappa shape index (κ3) is 2.28. The maximum Gasteiger partial charge on any atom is 0.0314 e. The predicted octanol–water partition coefficient (Wildman–Crippen LogP) is 3.52. The van der Waals surface area contributed by atoms with Gasteiger partial charge in [0.15, 0.2) is 0 Å². The monoisotopic (exact) mass is 173 g/mol. The third-order valence-corrected chi connectivity index (χ3v) is 2.33. The summed E-state index contributed by atoms with van der Waals surface area (Å²) < 4.78 is 0. The molecule has 0 saturated carbocycles. The molecule has 0 atom stereocenters. The minimum Gasteiger partial charge on any atom is -0.305 e. The minimum atomic E-state index is 0.640. The standard InChI is InChI=1S/C12H15N/c1-9(11(3)13)10(2)12-7-5-4-6-8-12/h4-8,13H,1-3H3/b10-9+,13-11?. The Morgan fingerprint density at radius 1 is 1.00 bits per heavy atom. The molecule has 1 aromatic carbocycles. The summed E-state index contributed by atoms with van der Waals surface area (Å²) in [6, 6.07) is 10.2. The number of hydrogen-bond donors (Lipinski definition) is 1. The molecule has 1 heteroatoms. The van der Waals surface area contributed by atoms with Gasteiger partial charge in [0, 0.05) is 5.71 Å². The van der Waals surface area contributed by atoms with Crippen molar-refractivity contribution in [2.75, 3.05) is 0 Å². The molecule has 0 unspecified atom stereocenters. The highest BCUT2D eigenvalue weighted by atomic mass is 14.4. The van der Waals surface area contributed by atoms with Gasteiger partial charge < -0.3 is 5.41 Å². The lowest BCUT2D eigenvalue weighted by molar-refractivity contribution is 1.40. The summed E-state index contributed by atoms with van der Waals surface area (Å²) >= 11 is 0. The molecule has 13 heavy (non-hydrogen) atoms. The Hall–Kier alpha value is -1.37. The second-order valence-electron chi connectivity index (χ2n) is 3.24. The van der Waals surface area contributed by atoms with Crippen molar-refractivity contribution in [2.45, 2.75) is 20.8 Å². The van der Waals surface area contributed by atoms with Crippen LogP contribution in [-0.4, -0.2) is 5.71 Å². The number of hydrogen-bond acceptors (Lipinski definition) is 1. The highest BCUT2D eigenvalue weighted by molar-refractivity contribution is 6.01. The topological polar surface area (TPSA) is 23.9 Å². The van der Waals surface area contributed by atoms with E-state index in [4.69, 9.17) is 5.41 Å². The van der Waals surface area contributed by atoms with Crippen molar-refractivity contribution in [3.8, 4) is 0 Å². The van der Waals surface area contributed by atoms with Crippen molar-refractivity contribution >= 4 is 11.3 Å². The van der Waals surface area contributed by atoms with E-state index in [0.29, 0.717) is 5.71 Å². The summed E-state index contributed by atoms with van der Waals surface area (Å²) in [4.78, 5) is 0. The van der Waals surface area contributed by atoms with Gasteiger partial charge in [-0.15, -0.1) is 0 Å². The Morgan fingerprint density at radius 3 is 2.00 bits per heavy atom. The molecule has 1 N–H and O–H groups in total. The van der Waals surface area contributed by atoms with Gasteiger partial charge in [0.1, 0.15) is 0 Å². The van der Waals surface area contributed by atoms with Gasteiger partial charge in [-0.2, -0.15) is 0 Å². The number of allylic oxidation sites excluding steroid dienone is 2. The first-order chi connectivity index (χ1) is 6.13. The summed E-state index contributed by atoms with van der Waals surface area (Å²) in [6.07, 6.45) is 0. The summed E-state index contributed by atoms with van der Waals surface area (Å²) in [5.74, 6) is 0. The molecule has 0 radical (unpaired) electrons. The first-order valence-corrected chi connectivity index (χ1v) is 4.41. The zero-order chi connectivity index (χ0) is 9.84. The average molecular weight is 173 g/mol. The van der Waals surface area contributed by atoms with Gasteiger partial charge in [0.25, 0.3) is 0 Å². The highest BCUT2D eigenvalue weighted by Gasteiger charge is 2.00. The number of rotatable bonds is 2. The maximum absolute atomic E-state index is 7.52. The van der Waals surface area contributed by atoms with Gasteiger partial charge in [-0.25, -0.2) is 0 Å². The fourth-order valence-corrected chi connectivity index (χ4v) is 1.19. The van der Waals surface area contributed by atoms with Crippen LogP contribution in [0.4, 0.5) is 0 Å². The van der Waals surface area contributed by atoms with Crippen LogP contribution in [0.2, 0.25) is 0 Å². The molecule has 68 valence electrons. The second-order valence-corrected chi connectivity index (χ2v) is 3.24. The molecule has 1 aromatic rings. The van der Waals surface area contributed by atoms with Crippen molar-refractivity contribution in [1.29, 1.82) is 5.41 Å². The van der Waals surface area contributed by atoms with Crippen LogP contribution in [0.15, 0.2) is 35.9 Å². The Balaban J connectivity index is 3.11. The molecule has 0 heterocycles. The second kappa shape index (κ2) is 4.04. The largest absolute Gasteiger partial charge is 0.305 e. The lowest BCUT2D eigenvalue weighted by Crippen LogP contribution is -1.94. The quantitative estimate of drug-likeness (QED) is 0.662. The van der Waals surface area contributed by atoms with E-state index in [2.05, 4.69) is 19.1 Å². The van der Waals surface area contributed by atoms with Crippen LogP contribution in [0, 0.1) is 5.41 Å². The third-order valence-electron chi connectivity index (χ3n) is 2.33. The molecule has 0 aromatic heterocycles. The van der Waals surface area contributed by atoms with E-state index in [9.17, 15) is 0 Å². The molecule has 0 saturated heterocycles. The summed E-state index contributed by atoms with van der Waals surface area (Å²) in [7, 11) is 0. The normalized spacial score (nSPS) is 12.2. The highest BCUT2D eigenvalue weighted by Crippen LogP contribution is 2.17. The van der Waals surface area contributed by atoms with Crippen LogP contribution in [0.5, 0.6) is 0 Å². The zero-order valence-corrected chi connectivity index (χ0v) is 8.39. The molecule has 1 nitrogen and oxygen atoms in total. The maximum atomic E-state index is 7.52. The van der Waals surface area contributed by atoms with E-state index in [1.807, 2.05) is 32.0 Å². The van der Waals surface area contributed by atoms with E-state index in [-0.39, 0.29) is 0 Å². The van der Waals surface area contributed by atoms with Gasteiger partial charge in [0.05, 0.1) is 0 Å². The fraction of sp³-hybridized carbons (Fsp3) is 0.250. The van der Waals surface area contributed by atoms with Gasteiger partial charge in [-0.1, -0.05) is 30.3 Å². The first kappa shape index (κ1) is 9.72. The molecule has 0 spiro atoms. The Kier molecular flexibility index (Phi) is 3.02.